The average Bonchev–Trinajstić information content (AvgIpc) is 2.29. The van der Waals surface area contributed by atoms with Crippen LogP contribution in [0.4, 0.5) is 10.1 Å². The smallest absolute Gasteiger partial charge is 0.258 e. The molecule has 0 amide bonds. The average molecular weight is 298 g/mol. The minimum absolute atomic E-state index is 0.0509. The lowest BCUT2D eigenvalue weighted by molar-refractivity contribution is -0.387. The Morgan fingerprint density at radius 3 is 2.59 bits per heavy atom. The van der Waals surface area contributed by atoms with E-state index >= 15 is 0 Å². The van der Waals surface area contributed by atoms with Crippen molar-refractivity contribution in [3.05, 3.63) is 69.5 Å². The molecule has 1 aromatic rings. The Morgan fingerprint density at radius 1 is 1.47 bits per heavy atom. The van der Waals surface area contributed by atoms with Gasteiger partial charge in [0.2, 0.25) is 5.82 Å². The number of nitrogens with zero attached hydrogens (tertiary/aromatic N) is 1. The van der Waals surface area contributed by atoms with Crippen molar-refractivity contribution in [3.8, 4) is 0 Å². The topological polar surface area (TPSA) is 43.1 Å². The van der Waals surface area contributed by atoms with Crippen molar-refractivity contribution in [2.45, 2.75) is 0 Å². The summed E-state index contributed by atoms with van der Waals surface area (Å²) in [5, 5.41) is 10.9. The first-order chi connectivity index (χ1) is 8.02. The van der Waals surface area contributed by atoms with E-state index in [0.29, 0.717) is 5.57 Å². The van der Waals surface area contributed by atoms with E-state index in [4.69, 9.17) is 0 Å². The molecule has 0 atom stereocenters. The van der Waals surface area contributed by atoms with Gasteiger partial charge in [0.1, 0.15) is 0 Å². The van der Waals surface area contributed by atoms with Gasteiger partial charge in [0.15, 0.2) is 0 Å². The van der Waals surface area contributed by atoms with Crippen molar-refractivity contribution in [2.75, 3.05) is 0 Å². The highest BCUT2D eigenvalue weighted by Gasteiger charge is 2.23. The Morgan fingerprint density at radius 2 is 2.12 bits per heavy atom. The lowest BCUT2D eigenvalue weighted by atomic mass is 10.0. The summed E-state index contributed by atoms with van der Waals surface area (Å²) in [6, 6.07) is 2.88. The normalized spacial score (nSPS) is 11.1. The predicted molar refractivity (Wildman–Crippen MR) is 69.1 cm³/mol. The van der Waals surface area contributed by atoms with Crippen molar-refractivity contribution in [1.29, 1.82) is 0 Å². The Hall–Kier alpha value is -1.75. The quantitative estimate of drug-likeness (QED) is 0.474. The molecular formula is C12H9BrFNO2. The van der Waals surface area contributed by atoms with E-state index in [0.717, 1.165) is 0 Å². The molecule has 17 heavy (non-hydrogen) atoms. The summed E-state index contributed by atoms with van der Waals surface area (Å²) in [5.41, 5.74) is 0.0380. The van der Waals surface area contributed by atoms with E-state index in [9.17, 15) is 14.5 Å². The number of rotatable bonds is 4. The lowest BCUT2D eigenvalue weighted by Crippen LogP contribution is -1.98. The Bertz CT molecular complexity index is 523. The molecule has 0 saturated carbocycles. The highest BCUT2D eigenvalue weighted by atomic mass is 79.9. The molecule has 5 heteroatoms. The molecule has 1 rings (SSSR count). The van der Waals surface area contributed by atoms with Gasteiger partial charge >= 0.3 is 5.69 Å². The third-order valence-corrected chi connectivity index (χ3v) is 2.69. The zero-order valence-electron chi connectivity index (χ0n) is 8.82. The van der Waals surface area contributed by atoms with Gasteiger partial charge in [0.05, 0.1) is 15.0 Å². The maximum absolute atomic E-state index is 13.7. The van der Waals surface area contributed by atoms with Gasteiger partial charge in [-0.3, -0.25) is 10.1 Å². The molecule has 0 radical (unpaired) electrons. The zero-order chi connectivity index (χ0) is 13.0. The first-order valence-corrected chi connectivity index (χ1v) is 5.40. The number of hydrogen-bond acceptors (Lipinski definition) is 2. The lowest BCUT2D eigenvalue weighted by Gasteiger charge is -2.05. The van der Waals surface area contributed by atoms with Crippen LogP contribution < -0.4 is 0 Å². The van der Waals surface area contributed by atoms with Crippen LogP contribution in [-0.4, -0.2) is 4.92 Å². The van der Waals surface area contributed by atoms with Crippen LogP contribution in [0.5, 0.6) is 0 Å². The standard InChI is InChI=1S/C12H9BrFNO2/c1-3-5-8(4-2)9-6-7-10(13)11(14)12(9)15(16)17/h3-7H,1-2H2/b8-5+. The van der Waals surface area contributed by atoms with E-state index in [1.165, 1.54) is 30.4 Å². The highest BCUT2D eigenvalue weighted by molar-refractivity contribution is 9.10. The third kappa shape index (κ3) is 2.68. The van der Waals surface area contributed by atoms with Gasteiger partial charge in [0, 0.05) is 0 Å². The third-order valence-electron chi connectivity index (χ3n) is 2.08. The molecule has 0 N–H and O–H groups in total. The van der Waals surface area contributed by atoms with Crippen molar-refractivity contribution in [1.82, 2.24) is 0 Å². The second kappa shape index (κ2) is 5.54. The van der Waals surface area contributed by atoms with Gasteiger partial charge in [-0.2, -0.15) is 4.39 Å². The summed E-state index contributed by atoms with van der Waals surface area (Å²) >= 11 is 2.91. The summed E-state index contributed by atoms with van der Waals surface area (Å²) in [5.74, 6) is -0.899. The van der Waals surface area contributed by atoms with Crippen molar-refractivity contribution < 1.29 is 9.31 Å². The number of benzene rings is 1. The monoisotopic (exact) mass is 297 g/mol. The largest absolute Gasteiger partial charge is 0.313 e. The summed E-state index contributed by atoms with van der Waals surface area (Å²) in [6.45, 7) is 7.03. The van der Waals surface area contributed by atoms with Crippen LogP contribution in [0, 0.1) is 15.9 Å². The number of halogens is 2. The summed E-state index contributed by atoms with van der Waals surface area (Å²) < 4.78 is 13.7. The maximum Gasteiger partial charge on any atom is 0.313 e. The predicted octanol–water partition coefficient (Wildman–Crippen LogP) is 4.25. The molecule has 3 nitrogen and oxygen atoms in total. The molecule has 0 unspecified atom stereocenters. The van der Waals surface area contributed by atoms with Gasteiger partial charge in [-0.1, -0.05) is 31.4 Å². The molecule has 1 aromatic carbocycles. The molecule has 88 valence electrons. The van der Waals surface area contributed by atoms with E-state index < -0.39 is 16.4 Å². The number of allylic oxidation sites excluding steroid dienone is 4. The van der Waals surface area contributed by atoms with Crippen molar-refractivity contribution in [2.24, 2.45) is 0 Å². The molecule has 0 spiro atoms. The molecular weight excluding hydrogens is 289 g/mol. The Balaban J connectivity index is 3.59. The molecule has 0 heterocycles. The molecule has 0 fully saturated rings. The first kappa shape index (κ1) is 13.3. The van der Waals surface area contributed by atoms with Crippen LogP contribution in [0.15, 0.2) is 48.0 Å². The van der Waals surface area contributed by atoms with Crippen LogP contribution in [0.3, 0.4) is 0 Å². The van der Waals surface area contributed by atoms with Crippen LogP contribution in [-0.2, 0) is 0 Å². The molecule has 0 aliphatic rings. The summed E-state index contributed by atoms with van der Waals surface area (Å²) in [4.78, 5) is 10.1. The van der Waals surface area contributed by atoms with Gasteiger partial charge in [-0.05, 0) is 33.6 Å². The van der Waals surface area contributed by atoms with Gasteiger partial charge in [-0.25, -0.2) is 0 Å². The molecule has 0 aliphatic carbocycles. The van der Waals surface area contributed by atoms with Crippen LogP contribution in [0.25, 0.3) is 5.57 Å². The van der Waals surface area contributed by atoms with E-state index in [-0.39, 0.29) is 10.0 Å². The minimum Gasteiger partial charge on any atom is -0.258 e. The fourth-order valence-corrected chi connectivity index (χ4v) is 1.67. The first-order valence-electron chi connectivity index (χ1n) is 4.60. The van der Waals surface area contributed by atoms with Gasteiger partial charge < -0.3 is 0 Å². The SMILES string of the molecule is C=C/C=C(\C=C)c1ccc(Br)c(F)c1[N+](=O)[O-]. The Labute approximate surface area is 106 Å². The number of nitro groups is 1. The zero-order valence-corrected chi connectivity index (χ0v) is 10.4. The molecule has 0 aliphatic heterocycles. The van der Waals surface area contributed by atoms with E-state index in [1.807, 2.05) is 0 Å². The minimum atomic E-state index is -0.899. The van der Waals surface area contributed by atoms with Crippen LogP contribution in [0.2, 0.25) is 0 Å². The van der Waals surface area contributed by atoms with E-state index in [1.54, 1.807) is 0 Å². The van der Waals surface area contributed by atoms with Crippen LogP contribution >= 0.6 is 15.9 Å². The maximum atomic E-state index is 13.7. The van der Waals surface area contributed by atoms with E-state index in [2.05, 4.69) is 29.1 Å². The van der Waals surface area contributed by atoms with Crippen molar-refractivity contribution >= 4 is 27.2 Å². The van der Waals surface area contributed by atoms with Gasteiger partial charge in [-0.15, -0.1) is 0 Å². The fourth-order valence-electron chi connectivity index (χ4n) is 1.35. The highest BCUT2D eigenvalue weighted by Crippen LogP contribution is 2.33. The summed E-state index contributed by atoms with van der Waals surface area (Å²) in [7, 11) is 0. The summed E-state index contributed by atoms with van der Waals surface area (Å²) in [6.07, 6.45) is 4.40. The molecule has 0 aromatic heterocycles. The Kier molecular flexibility index (Phi) is 4.34. The van der Waals surface area contributed by atoms with Gasteiger partial charge in [0.25, 0.3) is 0 Å². The van der Waals surface area contributed by atoms with Crippen molar-refractivity contribution in [3.63, 3.8) is 0 Å². The second-order valence-electron chi connectivity index (χ2n) is 3.08. The molecule has 0 bridgehead atoms. The molecule has 0 saturated heterocycles. The number of hydrogen-bond donors (Lipinski definition) is 0. The fraction of sp³-hybridized carbons (Fsp3) is 0. The number of nitro benzene ring substituents is 1. The van der Waals surface area contributed by atoms with Crippen LogP contribution in [0.1, 0.15) is 5.56 Å². The second-order valence-corrected chi connectivity index (χ2v) is 3.93.